The molecule has 1 aromatic carbocycles. The van der Waals surface area contributed by atoms with Gasteiger partial charge in [0.1, 0.15) is 0 Å². The summed E-state index contributed by atoms with van der Waals surface area (Å²) in [5.74, 6) is 0. The van der Waals surface area contributed by atoms with Crippen molar-refractivity contribution < 1.29 is 5.11 Å². The molecule has 0 aliphatic rings. The van der Waals surface area contributed by atoms with Gasteiger partial charge >= 0.3 is 0 Å². The summed E-state index contributed by atoms with van der Waals surface area (Å²) in [7, 11) is 0. The van der Waals surface area contributed by atoms with Crippen molar-refractivity contribution in [2.75, 3.05) is 0 Å². The fourth-order valence-corrected chi connectivity index (χ4v) is 1.73. The number of aliphatic hydroxyl groups excluding tert-OH is 1. The van der Waals surface area contributed by atoms with Gasteiger partial charge in [0, 0.05) is 17.1 Å². The van der Waals surface area contributed by atoms with Crippen LogP contribution in [0.2, 0.25) is 5.02 Å². The molecule has 1 aromatic rings. The van der Waals surface area contributed by atoms with Gasteiger partial charge in [0.2, 0.25) is 0 Å². The van der Waals surface area contributed by atoms with Crippen LogP contribution in [0.3, 0.4) is 0 Å². The SMILES string of the molecule is CCC(C)NC(C)C(O)c1ccc(Cl)cc1. The summed E-state index contributed by atoms with van der Waals surface area (Å²) >= 11 is 5.81. The van der Waals surface area contributed by atoms with Gasteiger partial charge < -0.3 is 10.4 Å². The van der Waals surface area contributed by atoms with Gasteiger partial charge in [-0.3, -0.25) is 0 Å². The van der Waals surface area contributed by atoms with Crippen molar-refractivity contribution in [3.8, 4) is 0 Å². The van der Waals surface area contributed by atoms with Crippen LogP contribution < -0.4 is 5.32 Å². The molecule has 0 amide bonds. The predicted molar refractivity (Wildman–Crippen MR) is 68.8 cm³/mol. The molecule has 3 atom stereocenters. The first kappa shape index (κ1) is 13.5. The first-order valence-electron chi connectivity index (χ1n) is 5.74. The van der Waals surface area contributed by atoms with Gasteiger partial charge in [0.15, 0.2) is 0 Å². The molecule has 3 unspecified atom stereocenters. The van der Waals surface area contributed by atoms with Crippen LogP contribution in [0.15, 0.2) is 24.3 Å². The van der Waals surface area contributed by atoms with Crippen LogP contribution >= 0.6 is 11.6 Å². The third-order valence-corrected chi connectivity index (χ3v) is 3.10. The quantitative estimate of drug-likeness (QED) is 0.830. The van der Waals surface area contributed by atoms with E-state index in [9.17, 15) is 5.11 Å². The largest absolute Gasteiger partial charge is 0.387 e. The van der Waals surface area contributed by atoms with Gasteiger partial charge in [0.25, 0.3) is 0 Å². The lowest BCUT2D eigenvalue weighted by atomic mass is 10.0. The molecule has 0 spiro atoms. The number of halogens is 1. The summed E-state index contributed by atoms with van der Waals surface area (Å²) in [5.41, 5.74) is 0.896. The zero-order valence-corrected chi connectivity index (χ0v) is 10.8. The smallest absolute Gasteiger partial charge is 0.0940 e. The normalized spacial score (nSPS) is 16.8. The van der Waals surface area contributed by atoms with E-state index in [0.29, 0.717) is 11.1 Å². The van der Waals surface area contributed by atoms with E-state index in [1.165, 1.54) is 0 Å². The average molecular weight is 242 g/mol. The molecule has 0 aromatic heterocycles. The summed E-state index contributed by atoms with van der Waals surface area (Å²) in [6, 6.07) is 7.78. The second-order valence-electron chi connectivity index (χ2n) is 4.26. The molecule has 0 aliphatic heterocycles. The van der Waals surface area contributed by atoms with Crippen LogP contribution in [0, 0.1) is 0 Å². The zero-order chi connectivity index (χ0) is 12.1. The Morgan fingerprint density at radius 1 is 1.25 bits per heavy atom. The third kappa shape index (κ3) is 3.78. The summed E-state index contributed by atoms with van der Waals surface area (Å²) in [6.07, 6.45) is 0.559. The molecular formula is C13H20ClNO. The van der Waals surface area contributed by atoms with Crippen molar-refractivity contribution in [1.29, 1.82) is 0 Å². The second-order valence-corrected chi connectivity index (χ2v) is 4.70. The third-order valence-electron chi connectivity index (χ3n) is 2.84. The lowest BCUT2D eigenvalue weighted by molar-refractivity contribution is 0.130. The average Bonchev–Trinajstić information content (AvgIpc) is 2.28. The van der Waals surface area contributed by atoms with Crippen LogP contribution in [0.25, 0.3) is 0 Å². The summed E-state index contributed by atoms with van der Waals surface area (Å²) < 4.78 is 0. The van der Waals surface area contributed by atoms with E-state index in [2.05, 4.69) is 19.2 Å². The number of nitrogens with one attached hydrogen (secondary N) is 1. The van der Waals surface area contributed by atoms with E-state index in [1.807, 2.05) is 19.1 Å². The highest BCUT2D eigenvalue weighted by molar-refractivity contribution is 6.30. The van der Waals surface area contributed by atoms with E-state index >= 15 is 0 Å². The Morgan fingerprint density at radius 2 is 1.81 bits per heavy atom. The van der Waals surface area contributed by atoms with Crippen molar-refractivity contribution in [2.24, 2.45) is 0 Å². The highest BCUT2D eigenvalue weighted by Crippen LogP contribution is 2.19. The van der Waals surface area contributed by atoms with Crippen molar-refractivity contribution in [3.63, 3.8) is 0 Å². The van der Waals surface area contributed by atoms with Crippen molar-refractivity contribution >= 4 is 11.6 Å². The second kappa shape index (κ2) is 6.24. The molecule has 0 saturated heterocycles. The first-order chi connectivity index (χ1) is 7.54. The number of benzene rings is 1. The number of aliphatic hydroxyl groups is 1. The topological polar surface area (TPSA) is 32.3 Å². The van der Waals surface area contributed by atoms with Crippen LogP contribution in [-0.2, 0) is 0 Å². The first-order valence-corrected chi connectivity index (χ1v) is 6.12. The summed E-state index contributed by atoms with van der Waals surface area (Å²) in [6.45, 7) is 6.23. The minimum atomic E-state index is -0.494. The van der Waals surface area contributed by atoms with Crippen LogP contribution in [0.1, 0.15) is 38.9 Å². The summed E-state index contributed by atoms with van der Waals surface area (Å²) in [5, 5.41) is 14.2. The molecule has 0 aliphatic carbocycles. The van der Waals surface area contributed by atoms with E-state index in [0.717, 1.165) is 12.0 Å². The Balaban J connectivity index is 2.62. The Bertz CT molecular complexity index is 312. The maximum absolute atomic E-state index is 10.1. The fraction of sp³-hybridized carbons (Fsp3) is 0.538. The molecule has 2 N–H and O–H groups in total. The molecular weight excluding hydrogens is 222 g/mol. The van der Waals surface area contributed by atoms with Crippen molar-refractivity contribution in [1.82, 2.24) is 5.32 Å². The Hall–Kier alpha value is -0.570. The van der Waals surface area contributed by atoms with Gasteiger partial charge in [-0.2, -0.15) is 0 Å². The minimum Gasteiger partial charge on any atom is -0.387 e. The minimum absolute atomic E-state index is 0.0381. The maximum Gasteiger partial charge on any atom is 0.0940 e. The van der Waals surface area contributed by atoms with E-state index in [-0.39, 0.29) is 6.04 Å². The zero-order valence-electron chi connectivity index (χ0n) is 10.1. The lowest BCUT2D eigenvalue weighted by Gasteiger charge is -2.24. The Labute approximate surface area is 103 Å². The van der Waals surface area contributed by atoms with Crippen LogP contribution in [0.5, 0.6) is 0 Å². The van der Waals surface area contributed by atoms with Gasteiger partial charge in [-0.05, 0) is 38.0 Å². The van der Waals surface area contributed by atoms with Crippen molar-refractivity contribution in [2.45, 2.75) is 45.4 Å². The fourth-order valence-electron chi connectivity index (χ4n) is 1.61. The van der Waals surface area contributed by atoms with Gasteiger partial charge in [-0.1, -0.05) is 30.7 Å². The molecule has 0 fully saturated rings. The van der Waals surface area contributed by atoms with E-state index in [1.54, 1.807) is 12.1 Å². The van der Waals surface area contributed by atoms with Gasteiger partial charge in [0.05, 0.1) is 6.10 Å². The maximum atomic E-state index is 10.1. The molecule has 16 heavy (non-hydrogen) atoms. The monoisotopic (exact) mass is 241 g/mol. The Morgan fingerprint density at radius 3 is 2.31 bits per heavy atom. The molecule has 3 heteroatoms. The van der Waals surface area contributed by atoms with Crippen LogP contribution in [0.4, 0.5) is 0 Å². The number of hydrogen-bond acceptors (Lipinski definition) is 2. The van der Waals surface area contributed by atoms with Crippen LogP contribution in [-0.4, -0.2) is 17.2 Å². The lowest BCUT2D eigenvalue weighted by Crippen LogP contribution is -2.38. The van der Waals surface area contributed by atoms with E-state index < -0.39 is 6.10 Å². The number of rotatable bonds is 5. The molecule has 2 nitrogen and oxygen atoms in total. The number of hydrogen-bond donors (Lipinski definition) is 2. The Kier molecular flexibility index (Phi) is 5.26. The molecule has 1 rings (SSSR count). The molecule has 0 bridgehead atoms. The highest BCUT2D eigenvalue weighted by Gasteiger charge is 2.17. The molecule has 0 heterocycles. The van der Waals surface area contributed by atoms with Gasteiger partial charge in [-0.25, -0.2) is 0 Å². The molecule has 0 radical (unpaired) electrons. The molecule has 0 saturated carbocycles. The highest BCUT2D eigenvalue weighted by atomic mass is 35.5. The standard InChI is InChI=1S/C13H20ClNO/c1-4-9(2)15-10(3)13(16)11-5-7-12(14)8-6-11/h5-10,13,15-16H,4H2,1-3H3. The van der Waals surface area contributed by atoms with Gasteiger partial charge in [-0.15, -0.1) is 0 Å². The molecule has 90 valence electrons. The van der Waals surface area contributed by atoms with Crippen molar-refractivity contribution in [3.05, 3.63) is 34.9 Å². The predicted octanol–water partition coefficient (Wildman–Crippen LogP) is 3.15. The van der Waals surface area contributed by atoms with E-state index in [4.69, 9.17) is 11.6 Å². The summed E-state index contributed by atoms with van der Waals surface area (Å²) in [4.78, 5) is 0.